The maximum atomic E-state index is 10.8. The minimum Gasteiger partial charge on any atom is -0.438 e. The Bertz CT molecular complexity index is 156. The molecule has 12 heavy (non-hydrogen) atoms. The van der Waals surface area contributed by atoms with Gasteiger partial charge < -0.3 is 14.9 Å². The van der Waals surface area contributed by atoms with Crippen molar-refractivity contribution < 1.29 is 14.3 Å². The molecule has 0 amide bonds. The zero-order chi connectivity index (χ0) is 9.40. The van der Waals surface area contributed by atoms with Crippen LogP contribution in [0.25, 0.3) is 0 Å². The van der Waals surface area contributed by atoms with Gasteiger partial charge in [0, 0.05) is 5.71 Å². The monoisotopic (exact) mass is 173 g/mol. The molecule has 70 valence electrons. The normalized spacial score (nSPS) is 9.50. The number of hydrogen-bond acceptors (Lipinski definition) is 4. The minimum atomic E-state index is -0.404. The molecule has 0 heterocycles. The molecule has 4 heteroatoms. The molecular weight excluding hydrogens is 158 g/mol. The number of ether oxygens (including phenoxy) is 2. The lowest BCUT2D eigenvalue weighted by molar-refractivity contribution is -0.154. The lowest BCUT2D eigenvalue weighted by Gasteiger charge is -2.03. The molecule has 0 radical (unpaired) electrons. The Morgan fingerprint density at radius 3 is 2.67 bits per heavy atom. The van der Waals surface area contributed by atoms with Crippen LogP contribution in [0, 0.1) is 5.41 Å². The van der Waals surface area contributed by atoms with Gasteiger partial charge in [-0.1, -0.05) is 6.92 Å². The first-order chi connectivity index (χ1) is 5.66. The Balaban J connectivity index is 3.26. The van der Waals surface area contributed by atoms with Crippen molar-refractivity contribution in [3.05, 3.63) is 0 Å². The Morgan fingerprint density at radius 2 is 2.17 bits per heavy atom. The van der Waals surface area contributed by atoms with E-state index in [1.54, 1.807) is 6.92 Å². The molecule has 0 aliphatic carbocycles. The third kappa shape index (κ3) is 7.21. The summed E-state index contributed by atoms with van der Waals surface area (Å²) in [5.41, 5.74) is 0.301. The van der Waals surface area contributed by atoms with Crippen LogP contribution in [0.15, 0.2) is 0 Å². The molecule has 0 aliphatic rings. The van der Waals surface area contributed by atoms with Gasteiger partial charge in [0.25, 0.3) is 0 Å². The number of carbonyl (C=O) groups excluding carboxylic acids is 1. The molecule has 0 aliphatic heterocycles. The number of hydrogen-bond donors (Lipinski definition) is 1. The summed E-state index contributed by atoms with van der Waals surface area (Å²) in [6.45, 7) is 4.13. The van der Waals surface area contributed by atoms with E-state index in [9.17, 15) is 4.79 Å². The Kier molecular flexibility index (Phi) is 6.28. The highest BCUT2D eigenvalue weighted by Gasteiger charge is 2.02. The molecule has 0 saturated carbocycles. The van der Waals surface area contributed by atoms with Crippen LogP contribution in [0.2, 0.25) is 0 Å². The van der Waals surface area contributed by atoms with Gasteiger partial charge in [0.2, 0.25) is 0 Å². The van der Waals surface area contributed by atoms with E-state index in [0.717, 1.165) is 6.42 Å². The molecule has 4 nitrogen and oxygen atoms in total. The molecular formula is C8H15NO3. The van der Waals surface area contributed by atoms with E-state index >= 15 is 0 Å². The molecule has 0 saturated heterocycles. The van der Waals surface area contributed by atoms with Gasteiger partial charge in [0.1, 0.15) is 0 Å². The number of carbonyl (C=O) groups is 1. The highest BCUT2D eigenvalue weighted by molar-refractivity contribution is 5.95. The van der Waals surface area contributed by atoms with E-state index in [-0.39, 0.29) is 13.2 Å². The van der Waals surface area contributed by atoms with Crippen LogP contribution in [0.5, 0.6) is 0 Å². The third-order valence-corrected chi connectivity index (χ3v) is 1.06. The molecule has 0 bridgehead atoms. The molecule has 0 unspecified atom stereocenters. The Hall–Kier alpha value is -0.900. The second-order valence-electron chi connectivity index (χ2n) is 2.50. The van der Waals surface area contributed by atoms with E-state index in [4.69, 9.17) is 10.1 Å². The average molecular weight is 173 g/mol. The summed E-state index contributed by atoms with van der Waals surface area (Å²) in [5.74, 6) is -0.404. The van der Waals surface area contributed by atoms with Crippen molar-refractivity contribution in [2.45, 2.75) is 26.7 Å². The summed E-state index contributed by atoms with van der Waals surface area (Å²) in [7, 11) is 0. The maximum Gasteiger partial charge on any atom is 0.313 e. The van der Waals surface area contributed by atoms with E-state index < -0.39 is 5.97 Å². The minimum absolute atomic E-state index is 0.0000463. The molecule has 0 fully saturated rings. The summed E-state index contributed by atoms with van der Waals surface area (Å²) in [4.78, 5) is 10.8. The van der Waals surface area contributed by atoms with E-state index in [0.29, 0.717) is 12.3 Å². The van der Waals surface area contributed by atoms with Crippen molar-refractivity contribution in [1.82, 2.24) is 0 Å². The standard InChI is InChI=1S/C8H15NO3/c1-3-4-11-6-12-8(10)5-7(2)9/h9H,3-6H2,1-2H3. The lowest BCUT2D eigenvalue weighted by Crippen LogP contribution is -2.11. The van der Waals surface area contributed by atoms with Gasteiger partial charge in [-0.3, -0.25) is 4.79 Å². The summed E-state index contributed by atoms with van der Waals surface area (Å²) in [6, 6.07) is 0. The van der Waals surface area contributed by atoms with Crippen LogP contribution < -0.4 is 0 Å². The first-order valence-corrected chi connectivity index (χ1v) is 3.94. The fourth-order valence-corrected chi connectivity index (χ4v) is 0.578. The SMILES string of the molecule is CCCOCOC(=O)CC(C)=N. The van der Waals surface area contributed by atoms with Gasteiger partial charge in [-0.25, -0.2) is 0 Å². The molecule has 0 atom stereocenters. The molecule has 0 aromatic rings. The smallest absolute Gasteiger partial charge is 0.313 e. The van der Waals surface area contributed by atoms with Gasteiger partial charge in [-0.2, -0.15) is 0 Å². The van der Waals surface area contributed by atoms with Crippen molar-refractivity contribution in [3.8, 4) is 0 Å². The number of rotatable bonds is 6. The molecule has 0 rings (SSSR count). The Labute approximate surface area is 72.4 Å². The largest absolute Gasteiger partial charge is 0.438 e. The molecule has 1 N–H and O–H groups in total. The van der Waals surface area contributed by atoms with E-state index in [1.165, 1.54) is 0 Å². The van der Waals surface area contributed by atoms with Crippen molar-refractivity contribution in [3.63, 3.8) is 0 Å². The van der Waals surface area contributed by atoms with Crippen LogP contribution >= 0.6 is 0 Å². The molecule has 0 spiro atoms. The van der Waals surface area contributed by atoms with Crippen molar-refractivity contribution in [2.75, 3.05) is 13.4 Å². The summed E-state index contributed by atoms with van der Waals surface area (Å²) >= 11 is 0. The van der Waals surface area contributed by atoms with Crippen LogP contribution in [0.4, 0.5) is 0 Å². The van der Waals surface area contributed by atoms with Crippen molar-refractivity contribution in [1.29, 1.82) is 5.41 Å². The predicted octanol–water partition coefficient (Wildman–Crippen LogP) is 1.34. The fraction of sp³-hybridized carbons (Fsp3) is 0.750. The Morgan fingerprint density at radius 1 is 1.50 bits per heavy atom. The van der Waals surface area contributed by atoms with Gasteiger partial charge >= 0.3 is 5.97 Å². The fourth-order valence-electron chi connectivity index (χ4n) is 0.578. The van der Waals surface area contributed by atoms with Crippen molar-refractivity contribution in [2.24, 2.45) is 0 Å². The summed E-state index contributed by atoms with van der Waals surface area (Å²) in [5, 5.41) is 7.00. The molecule has 0 aromatic heterocycles. The molecule has 0 aromatic carbocycles. The van der Waals surface area contributed by atoms with Gasteiger partial charge in [0.05, 0.1) is 13.0 Å². The summed E-state index contributed by atoms with van der Waals surface area (Å²) in [6.07, 6.45) is 0.955. The predicted molar refractivity (Wildman–Crippen MR) is 45.2 cm³/mol. The van der Waals surface area contributed by atoms with Crippen LogP contribution in [0.1, 0.15) is 26.7 Å². The summed E-state index contributed by atoms with van der Waals surface area (Å²) < 4.78 is 9.57. The van der Waals surface area contributed by atoms with Crippen molar-refractivity contribution >= 4 is 11.7 Å². The van der Waals surface area contributed by atoms with Crippen LogP contribution in [-0.2, 0) is 14.3 Å². The van der Waals surface area contributed by atoms with Gasteiger partial charge in [-0.15, -0.1) is 0 Å². The lowest BCUT2D eigenvalue weighted by atomic mass is 10.3. The third-order valence-electron chi connectivity index (χ3n) is 1.06. The van der Waals surface area contributed by atoms with E-state index in [1.807, 2.05) is 6.92 Å². The average Bonchev–Trinajstić information content (AvgIpc) is 1.97. The van der Waals surface area contributed by atoms with Gasteiger partial charge in [-0.05, 0) is 13.3 Å². The quantitative estimate of drug-likeness (QED) is 0.285. The highest BCUT2D eigenvalue weighted by Crippen LogP contribution is 1.89. The van der Waals surface area contributed by atoms with Gasteiger partial charge in [0.15, 0.2) is 6.79 Å². The first-order valence-electron chi connectivity index (χ1n) is 3.94. The van der Waals surface area contributed by atoms with Crippen LogP contribution in [0.3, 0.4) is 0 Å². The zero-order valence-electron chi connectivity index (χ0n) is 7.55. The second kappa shape index (κ2) is 6.79. The van der Waals surface area contributed by atoms with Crippen LogP contribution in [-0.4, -0.2) is 25.1 Å². The number of esters is 1. The zero-order valence-corrected chi connectivity index (χ0v) is 7.55. The first kappa shape index (κ1) is 11.1. The van der Waals surface area contributed by atoms with E-state index in [2.05, 4.69) is 4.74 Å². The number of nitrogens with one attached hydrogen (secondary N) is 1. The topological polar surface area (TPSA) is 59.4 Å². The maximum absolute atomic E-state index is 10.8. The second-order valence-corrected chi connectivity index (χ2v) is 2.50. The highest BCUT2D eigenvalue weighted by atomic mass is 16.7.